The molecule has 0 aromatic carbocycles. The van der Waals surface area contributed by atoms with Crippen molar-refractivity contribution in [2.24, 2.45) is 0 Å². The van der Waals surface area contributed by atoms with Gasteiger partial charge >= 0.3 is 0 Å². The first-order valence-corrected chi connectivity index (χ1v) is 25.8. The number of carbonyl (C=O) groups excluding carboxylic acids is 1. The zero-order chi connectivity index (χ0) is 42.8. The Morgan fingerprint density at radius 2 is 0.966 bits per heavy atom. The van der Waals surface area contributed by atoms with E-state index in [1.54, 1.807) is 6.08 Å². The molecule has 0 aromatic rings. The summed E-state index contributed by atoms with van der Waals surface area (Å²) in [4.78, 5) is 25.3. The van der Waals surface area contributed by atoms with E-state index in [1.807, 2.05) is 27.2 Å². The van der Waals surface area contributed by atoms with Gasteiger partial charge in [-0.15, -0.1) is 0 Å². The van der Waals surface area contributed by atoms with E-state index in [0.717, 1.165) is 38.5 Å². The molecule has 0 aliphatic carbocycles. The second-order valence-corrected chi connectivity index (χ2v) is 19.2. The van der Waals surface area contributed by atoms with E-state index in [-0.39, 0.29) is 12.5 Å². The van der Waals surface area contributed by atoms with Gasteiger partial charge in [-0.3, -0.25) is 9.36 Å². The predicted octanol–water partition coefficient (Wildman–Crippen LogP) is 13.2. The largest absolute Gasteiger partial charge is 0.756 e. The summed E-state index contributed by atoms with van der Waals surface area (Å²) in [5.74, 6) is -0.208. The lowest BCUT2D eigenvalue weighted by Gasteiger charge is -2.29. The lowest BCUT2D eigenvalue weighted by atomic mass is 10.0. The molecule has 0 aliphatic rings. The maximum Gasteiger partial charge on any atom is 0.268 e. The number of nitrogens with one attached hydrogen (secondary N) is 1. The van der Waals surface area contributed by atoms with Gasteiger partial charge < -0.3 is 28.8 Å². The fourth-order valence-electron chi connectivity index (χ4n) is 6.93. The van der Waals surface area contributed by atoms with Crippen LogP contribution in [0.25, 0.3) is 0 Å². The first-order chi connectivity index (χ1) is 28.0. The van der Waals surface area contributed by atoms with Crippen LogP contribution in [0.15, 0.2) is 36.5 Å². The van der Waals surface area contributed by atoms with E-state index in [1.165, 1.54) is 161 Å². The zero-order valence-electron chi connectivity index (χ0n) is 38.8. The molecule has 0 aromatic heterocycles. The SMILES string of the molecule is CCCCCCCC/C=C/CCCCCCCCCCCCCC(=O)N[C@@H](COP(=O)([O-])OCC[N+](C)(C)C)[C@H](O)/C=C/CC/C=C/CCCCCCCCCCC. The average Bonchev–Trinajstić information content (AvgIpc) is 3.17. The number of rotatable bonds is 44. The molecule has 3 atom stereocenters. The van der Waals surface area contributed by atoms with Crippen LogP contribution in [0.5, 0.6) is 0 Å². The maximum absolute atomic E-state index is 12.9. The number of hydrogen-bond donors (Lipinski definition) is 2. The highest BCUT2D eigenvalue weighted by molar-refractivity contribution is 7.45. The molecule has 0 radical (unpaired) electrons. The van der Waals surface area contributed by atoms with Crippen molar-refractivity contribution in [1.29, 1.82) is 0 Å². The van der Waals surface area contributed by atoms with Crippen LogP contribution >= 0.6 is 7.82 Å². The number of hydrogen-bond acceptors (Lipinski definition) is 6. The Morgan fingerprint density at radius 3 is 1.40 bits per heavy atom. The molecule has 8 nitrogen and oxygen atoms in total. The van der Waals surface area contributed by atoms with Gasteiger partial charge in [0, 0.05) is 6.42 Å². The average molecular weight is 839 g/mol. The van der Waals surface area contributed by atoms with Crippen molar-refractivity contribution < 1.29 is 32.9 Å². The monoisotopic (exact) mass is 839 g/mol. The number of likely N-dealkylation sites (N-methyl/N-ethyl adjacent to an activating group) is 1. The summed E-state index contributed by atoms with van der Waals surface area (Å²) < 4.78 is 23.2. The second-order valence-electron chi connectivity index (χ2n) is 17.8. The Kier molecular flexibility index (Phi) is 40.2. The summed E-state index contributed by atoms with van der Waals surface area (Å²) in [6.45, 7) is 4.62. The molecule has 9 heteroatoms. The number of allylic oxidation sites excluding steroid dienone is 5. The van der Waals surface area contributed by atoms with Crippen molar-refractivity contribution in [3.8, 4) is 0 Å². The number of phosphoric ester groups is 1. The summed E-state index contributed by atoms with van der Waals surface area (Å²) in [7, 11) is 1.24. The summed E-state index contributed by atoms with van der Waals surface area (Å²) in [6, 6.07) is -0.901. The van der Waals surface area contributed by atoms with Crippen LogP contribution in [0.4, 0.5) is 0 Å². The first-order valence-electron chi connectivity index (χ1n) is 24.4. The number of amides is 1. The van der Waals surface area contributed by atoms with Gasteiger partial charge in [0.1, 0.15) is 13.2 Å². The van der Waals surface area contributed by atoms with E-state index < -0.39 is 26.6 Å². The lowest BCUT2D eigenvalue weighted by molar-refractivity contribution is -0.870. The number of unbranched alkanes of at least 4 members (excludes halogenated alkanes) is 27. The molecule has 0 aliphatic heterocycles. The van der Waals surface area contributed by atoms with Gasteiger partial charge in [0.2, 0.25) is 5.91 Å². The van der Waals surface area contributed by atoms with Gasteiger partial charge in [-0.05, 0) is 57.8 Å². The minimum atomic E-state index is -4.60. The van der Waals surface area contributed by atoms with Crippen LogP contribution < -0.4 is 10.2 Å². The molecule has 0 saturated heterocycles. The molecule has 0 spiro atoms. The maximum atomic E-state index is 12.9. The lowest BCUT2D eigenvalue weighted by Crippen LogP contribution is -2.45. The molecular weight excluding hydrogens is 744 g/mol. The fourth-order valence-corrected chi connectivity index (χ4v) is 7.65. The van der Waals surface area contributed by atoms with Crippen LogP contribution in [0.2, 0.25) is 0 Å². The van der Waals surface area contributed by atoms with Crippen molar-refractivity contribution in [3.63, 3.8) is 0 Å². The molecule has 0 bridgehead atoms. The molecule has 0 fully saturated rings. The van der Waals surface area contributed by atoms with E-state index in [4.69, 9.17) is 9.05 Å². The van der Waals surface area contributed by atoms with Crippen LogP contribution in [0.3, 0.4) is 0 Å². The molecule has 0 saturated carbocycles. The third-order valence-electron chi connectivity index (χ3n) is 10.8. The molecule has 58 heavy (non-hydrogen) atoms. The molecule has 1 unspecified atom stereocenters. The quantitative estimate of drug-likeness (QED) is 0.0274. The number of aliphatic hydroxyl groups excluding tert-OH is 1. The summed E-state index contributed by atoms with van der Waals surface area (Å²) in [5, 5.41) is 13.8. The van der Waals surface area contributed by atoms with Crippen LogP contribution in [0, 0.1) is 0 Å². The summed E-state index contributed by atoms with van der Waals surface area (Å²) >= 11 is 0. The molecule has 1 amide bonds. The topological polar surface area (TPSA) is 108 Å². The van der Waals surface area contributed by atoms with Crippen LogP contribution in [-0.4, -0.2) is 68.5 Å². The highest BCUT2D eigenvalue weighted by Crippen LogP contribution is 2.38. The Bertz CT molecular complexity index is 1040. The Labute approximate surface area is 359 Å². The van der Waals surface area contributed by atoms with Crippen molar-refractivity contribution in [2.45, 2.75) is 231 Å². The van der Waals surface area contributed by atoms with Gasteiger partial charge in [-0.1, -0.05) is 192 Å². The second kappa shape index (κ2) is 41.1. The highest BCUT2D eigenvalue weighted by Gasteiger charge is 2.23. The Balaban J connectivity index is 4.35. The van der Waals surface area contributed by atoms with E-state index in [2.05, 4.69) is 43.5 Å². The predicted molar refractivity (Wildman–Crippen MR) is 247 cm³/mol. The number of carbonyl (C=O) groups is 1. The third kappa shape index (κ3) is 42.8. The van der Waals surface area contributed by atoms with Gasteiger partial charge in [0.05, 0.1) is 39.9 Å². The first kappa shape index (κ1) is 56.7. The van der Waals surface area contributed by atoms with Crippen molar-refractivity contribution in [2.75, 3.05) is 40.9 Å². The van der Waals surface area contributed by atoms with E-state index >= 15 is 0 Å². The van der Waals surface area contributed by atoms with E-state index in [0.29, 0.717) is 17.4 Å². The van der Waals surface area contributed by atoms with Crippen molar-refractivity contribution in [3.05, 3.63) is 36.5 Å². The molecule has 0 heterocycles. The standard InChI is InChI=1S/C49H95N2O6P/c1-6-8-10-12-14-16-18-20-22-23-24-25-26-27-29-31-33-35-37-39-41-43-49(53)50-47(46-57-58(54,55)56-45-44-51(3,4)5)48(52)42-40-38-36-34-32-30-28-21-19-17-15-13-11-9-7-2/h20,22,32,34,40,42,47-48,52H,6-19,21,23-31,33,35-39,41,43-46H2,1-5H3,(H-,50,53,54,55)/b22-20+,34-32+,42-40+/t47-,48+/m0/s1. The molecule has 0 rings (SSSR count). The normalized spacial score (nSPS) is 14.5. The highest BCUT2D eigenvalue weighted by atomic mass is 31.2. The van der Waals surface area contributed by atoms with Gasteiger partial charge in [0.15, 0.2) is 0 Å². The smallest absolute Gasteiger partial charge is 0.268 e. The number of quaternary nitrogens is 1. The van der Waals surface area contributed by atoms with Crippen molar-refractivity contribution >= 4 is 13.7 Å². The van der Waals surface area contributed by atoms with E-state index in [9.17, 15) is 19.4 Å². The minimum absolute atomic E-state index is 0.00607. The number of nitrogens with zero attached hydrogens (tertiary/aromatic N) is 1. The van der Waals surface area contributed by atoms with Crippen LogP contribution in [-0.2, 0) is 18.4 Å². The Hall–Kier alpha value is -1.28. The minimum Gasteiger partial charge on any atom is -0.756 e. The zero-order valence-corrected chi connectivity index (χ0v) is 39.6. The van der Waals surface area contributed by atoms with Crippen LogP contribution in [0.1, 0.15) is 219 Å². The van der Waals surface area contributed by atoms with Gasteiger partial charge in [-0.2, -0.15) is 0 Å². The molecular formula is C49H95N2O6P. The number of phosphoric acid groups is 1. The Morgan fingerprint density at radius 1 is 0.586 bits per heavy atom. The number of aliphatic hydroxyl groups is 1. The van der Waals surface area contributed by atoms with Gasteiger partial charge in [-0.25, -0.2) is 0 Å². The fraction of sp³-hybridized carbons (Fsp3) is 0.857. The van der Waals surface area contributed by atoms with Gasteiger partial charge in [0.25, 0.3) is 7.82 Å². The molecule has 2 N–H and O–H groups in total. The summed E-state index contributed by atoms with van der Waals surface area (Å²) in [5.41, 5.74) is 0. The summed E-state index contributed by atoms with van der Waals surface area (Å²) in [6.07, 6.45) is 50.5. The third-order valence-corrected chi connectivity index (χ3v) is 11.8. The van der Waals surface area contributed by atoms with Crippen molar-refractivity contribution in [1.82, 2.24) is 5.32 Å². The molecule has 342 valence electrons.